The van der Waals surface area contributed by atoms with Crippen molar-refractivity contribution in [1.82, 2.24) is 15.2 Å². The maximum atomic E-state index is 12.9. The van der Waals surface area contributed by atoms with E-state index in [1.807, 2.05) is 29.2 Å². The smallest absolute Gasteiger partial charge is 0.490 e. The molecule has 236 valence electrons. The van der Waals surface area contributed by atoms with Crippen molar-refractivity contribution in [2.24, 2.45) is 5.41 Å². The van der Waals surface area contributed by atoms with Gasteiger partial charge < -0.3 is 30.2 Å². The van der Waals surface area contributed by atoms with Crippen molar-refractivity contribution >= 4 is 22.8 Å². The average Bonchev–Trinajstić information content (AvgIpc) is 2.93. The highest BCUT2D eigenvalue weighted by molar-refractivity contribution is 5.87. The number of aromatic amines is 1. The maximum Gasteiger partial charge on any atom is 0.490 e. The Kier molecular flexibility index (Phi) is 13.7. The largest absolute Gasteiger partial charge is 0.506 e. The number of fused-ring (bicyclic) bond motifs is 1. The molecule has 0 saturated carbocycles. The zero-order valence-electron chi connectivity index (χ0n) is 24.7. The van der Waals surface area contributed by atoms with E-state index in [-0.39, 0.29) is 22.6 Å². The standard InChI is InChI=1S/C29H39N3O4.C2HF3O2/c1-29(2,3)21-32(27(35)15-20-36-19-14-22-7-5-4-6-8-22)18-17-30-16-13-23-9-11-25(33)28-24(23)10-12-26(34)31-28;3-2(4,5)1(6)7/h4-12,30,33H,13-21H2,1-3H3,(H,31,34);(H,6,7). The number of nitrogens with one attached hydrogen (secondary N) is 2. The molecule has 1 aromatic heterocycles. The van der Waals surface area contributed by atoms with Gasteiger partial charge in [0, 0.05) is 31.1 Å². The van der Waals surface area contributed by atoms with E-state index in [0.717, 1.165) is 30.3 Å². The zero-order chi connectivity index (χ0) is 32.0. The summed E-state index contributed by atoms with van der Waals surface area (Å²) in [6.07, 6.45) is -3.12. The van der Waals surface area contributed by atoms with Crippen LogP contribution in [-0.2, 0) is 27.2 Å². The molecular weight excluding hydrogens is 567 g/mol. The molecule has 43 heavy (non-hydrogen) atoms. The number of phenolic OH excluding ortho intramolecular Hbond substituents is 1. The molecule has 4 N–H and O–H groups in total. The zero-order valence-corrected chi connectivity index (χ0v) is 24.7. The monoisotopic (exact) mass is 607 g/mol. The molecule has 12 heteroatoms. The van der Waals surface area contributed by atoms with Crippen LogP contribution in [0.4, 0.5) is 13.2 Å². The van der Waals surface area contributed by atoms with Gasteiger partial charge in [0.1, 0.15) is 5.75 Å². The molecule has 0 bridgehead atoms. The molecule has 2 aromatic carbocycles. The molecule has 1 amide bonds. The van der Waals surface area contributed by atoms with Crippen molar-refractivity contribution < 1.29 is 37.7 Å². The Hall–Kier alpha value is -3.90. The van der Waals surface area contributed by atoms with Crippen molar-refractivity contribution in [3.8, 4) is 5.75 Å². The number of aliphatic carboxylic acids is 1. The fraction of sp³-hybridized carbons (Fsp3) is 0.452. The quantitative estimate of drug-likeness (QED) is 0.210. The van der Waals surface area contributed by atoms with Gasteiger partial charge in [-0.15, -0.1) is 0 Å². The Morgan fingerprint density at radius 2 is 1.63 bits per heavy atom. The number of alkyl halides is 3. The van der Waals surface area contributed by atoms with Crippen molar-refractivity contribution in [3.05, 3.63) is 76.1 Å². The number of pyridine rings is 1. The first-order valence-corrected chi connectivity index (χ1v) is 13.9. The molecule has 0 unspecified atom stereocenters. The first-order valence-electron chi connectivity index (χ1n) is 13.9. The number of rotatable bonds is 13. The molecule has 0 aliphatic rings. The van der Waals surface area contributed by atoms with Gasteiger partial charge in [-0.3, -0.25) is 9.59 Å². The van der Waals surface area contributed by atoms with Crippen molar-refractivity contribution in [3.63, 3.8) is 0 Å². The lowest BCUT2D eigenvalue weighted by Crippen LogP contribution is -2.42. The van der Waals surface area contributed by atoms with Crippen molar-refractivity contribution in [1.29, 1.82) is 0 Å². The van der Waals surface area contributed by atoms with Crippen LogP contribution in [-0.4, -0.2) is 77.5 Å². The fourth-order valence-electron chi connectivity index (χ4n) is 4.20. The minimum absolute atomic E-state index is 0.00565. The van der Waals surface area contributed by atoms with Crippen LogP contribution in [0.25, 0.3) is 10.9 Å². The molecule has 3 aromatic rings. The van der Waals surface area contributed by atoms with Gasteiger partial charge in [0.05, 0.1) is 25.2 Å². The number of ether oxygens (including phenoxy) is 1. The molecular formula is C31H40F3N3O6. The lowest BCUT2D eigenvalue weighted by molar-refractivity contribution is -0.192. The summed E-state index contributed by atoms with van der Waals surface area (Å²) in [5, 5.41) is 21.4. The number of phenols is 1. The van der Waals surface area contributed by atoms with Gasteiger partial charge in [-0.1, -0.05) is 57.2 Å². The molecule has 0 radical (unpaired) electrons. The highest BCUT2D eigenvalue weighted by atomic mass is 19.4. The number of benzene rings is 2. The second-order valence-corrected chi connectivity index (χ2v) is 11.1. The van der Waals surface area contributed by atoms with Gasteiger partial charge in [0.2, 0.25) is 11.5 Å². The summed E-state index contributed by atoms with van der Waals surface area (Å²) in [5.41, 5.74) is 2.51. The second kappa shape index (κ2) is 16.7. The Bertz CT molecular complexity index is 1370. The fourth-order valence-corrected chi connectivity index (χ4v) is 4.20. The number of aromatic hydroxyl groups is 1. The summed E-state index contributed by atoms with van der Waals surface area (Å²) >= 11 is 0. The third-order valence-electron chi connectivity index (χ3n) is 6.19. The first kappa shape index (κ1) is 35.3. The van der Waals surface area contributed by atoms with E-state index in [1.54, 1.807) is 12.1 Å². The van der Waals surface area contributed by atoms with Gasteiger partial charge in [-0.25, -0.2) is 4.79 Å². The number of carboxylic acid groups (broad SMARTS) is 1. The molecule has 0 aliphatic heterocycles. The highest BCUT2D eigenvalue weighted by Gasteiger charge is 2.38. The Morgan fingerprint density at radius 3 is 2.26 bits per heavy atom. The van der Waals surface area contributed by atoms with E-state index in [1.165, 1.54) is 11.6 Å². The number of carboxylic acids is 1. The van der Waals surface area contributed by atoms with Crippen LogP contribution >= 0.6 is 0 Å². The van der Waals surface area contributed by atoms with Crippen LogP contribution in [0.1, 0.15) is 38.3 Å². The van der Waals surface area contributed by atoms with Gasteiger partial charge in [-0.05, 0) is 48.1 Å². The molecule has 0 saturated heterocycles. The minimum Gasteiger partial charge on any atom is -0.506 e. The predicted molar refractivity (Wildman–Crippen MR) is 158 cm³/mol. The molecule has 0 atom stereocenters. The van der Waals surface area contributed by atoms with E-state index in [2.05, 4.69) is 43.2 Å². The summed E-state index contributed by atoms with van der Waals surface area (Å²) in [5.74, 6) is -2.58. The molecule has 0 aliphatic carbocycles. The third-order valence-corrected chi connectivity index (χ3v) is 6.19. The SMILES string of the molecule is CC(C)(C)CN(CCNCCc1ccc(O)c2[nH]c(=O)ccc12)C(=O)CCOCCc1ccccc1.O=C(O)C(F)(F)F. The lowest BCUT2D eigenvalue weighted by atomic mass is 9.96. The van der Waals surface area contributed by atoms with Crippen LogP contribution in [0.15, 0.2) is 59.4 Å². The number of carbonyl (C=O) groups is 2. The normalized spacial score (nSPS) is 11.6. The maximum absolute atomic E-state index is 12.9. The van der Waals surface area contributed by atoms with E-state index in [4.69, 9.17) is 14.6 Å². The van der Waals surface area contributed by atoms with Gasteiger partial charge >= 0.3 is 12.1 Å². The topological polar surface area (TPSA) is 132 Å². The Morgan fingerprint density at radius 1 is 0.953 bits per heavy atom. The number of carbonyl (C=O) groups excluding carboxylic acids is 1. The van der Waals surface area contributed by atoms with Crippen molar-refractivity contribution in [2.45, 2.75) is 46.2 Å². The van der Waals surface area contributed by atoms with E-state index in [0.29, 0.717) is 44.8 Å². The molecule has 1 heterocycles. The van der Waals surface area contributed by atoms with Crippen LogP contribution in [0, 0.1) is 5.41 Å². The average molecular weight is 608 g/mol. The van der Waals surface area contributed by atoms with E-state index in [9.17, 15) is 27.9 Å². The van der Waals surface area contributed by atoms with Crippen molar-refractivity contribution in [2.75, 3.05) is 39.4 Å². The first-order chi connectivity index (χ1) is 20.2. The van der Waals surface area contributed by atoms with Crippen LogP contribution in [0.2, 0.25) is 0 Å². The number of H-pyrrole nitrogens is 1. The van der Waals surface area contributed by atoms with E-state index >= 15 is 0 Å². The second-order valence-electron chi connectivity index (χ2n) is 11.1. The summed E-state index contributed by atoms with van der Waals surface area (Å²) in [4.78, 5) is 38.0. The van der Waals surface area contributed by atoms with Crippen LogP contribution in [0.5, 0.6) is 5.75 Å². The summed E-state index contributed by atoms with van der Waals surface area (Å²) in [6.45, 7) is 10.2. The summed E-state index contributed by atoms with van der Waals surface area (Å²) in [6, 6.07) is 16.9. The number of nitrogens with zero attached hydrogens (tertiary/aromatic N) is 1. The predicted octanol–water partition coefficient (Wildman–Crippen LogP) is 4.52. The van der Waals surface area contributed by atoms with Crippen LogP contribution in [0.3, 0.4) is 0 Å². The Balaban J connectivity index is 0.000000821. The number of amides is 1. The molecule has 0 fully saturated rings. The van der Waals surface area contributed by atoms with Crippen LogP contribution < -0.4 is 10.9 Å². The molecule has 9 nitrogen and oxygen atoms in total. The lowest BCUT2D eigenvalue weighted by Gasteiger charge is -2.30. The Labute approximate surface area is 248 Å². The van der Waals surface area contributed by atoms with Gasteiger partial charge in [0.25, 0.3) is 0 Å². The summed E-state index contributed by atoms with van der Waals surface area (Å²) < 4.78 is 37.5. The van der Waals surface area contributed by atoms with Gasteiger partial charge in [0.15, 0.2) is 0 Å². The molecule has 3 rings (SSSR count). The molecule has 0 spiro atoms. The number of halogens is 3. The summed E-state index contributed by atoms with van der Waals surface area (Å²) in [7, 11) is 0. The highest BCUT2D eigenvalue weighted by Crippen LogP contribution is 2.24. The van der Waals surface area contributed by atoms with Gasteiger partial charge in [-0.2, -0.15) is 13.2 Å². The number of hydrogen-bond donors (Lipinski definition) is 4. The number of aromatic nitrogens is 1. The minimum atomic E-state index is -5.08. The third kappa shape index (κ3) is 13.3. The number of hydrogen-bond acceptors (Lipinski definition) is 6. The van der Waals surface area contributed by atoms with E-state index < -0.39 is 12.1 Å².